The summed E-state index contributed by atoms with van der Waals surface area (Å²) in [5, 5.41) is 0. The van der Waals surface area contributed by atoms with E-state index in [1.165, 1.54) is 102 Å². The highest BCUT2D eigenvalue weighted by Crippen LogP contribution is 2.59. The lowest BCUT2D eigenvalue weighted by Crippen LogP contribution is -2.44. The van der Waals surface area contributed by atoms with Gasteiger partial charge in [-0.25, -0.2) is 9.97 Å². The molecule has 196 valence electrons. The van der Waals surface area contributed by atoms with Crippen LogP contribution in [-0.2, 0) is 5.41 Å². The molecule has 0 saturated heterocycles. The second kappa shape index (κ2) is 13.4. The largest absolute Gasteiger partial charge is 0.486 e. The molecule has 0 aliphatic heterocycles. The molecular formula is C33H48N2O. The number of allylic oxidation sites excluding steroid dienone is 1. The summed E-state index contributed by atoms with van der Waals surface area (Å²) >= 11 is 0. The van der Waals surface area contributed by atoms with Crippen molar-refractivity contribution in [2.75, 3.05) is 6.61 Å². The van der Waals surface area contributed by atoms with Crippen LogP contribution >= 0.6 is 0 Å². The molecule has 2 aromatic rings. The van der Waals surface area contributed by atoms with Crippen LogP contribution in [0.1, 0.15) is 122 Å². The third kappa shape index (κ3) is 6.99. The zero-order chi connectivity index (χ0) is 25.1. The summed E-state index contributed by atoms with van der Waals surface area (Å²) < 4.78 is 5.77. The molecule has 3 heteroatoms. The number of rotatable bonds is 15. The predicted molar refractivity (Wildman–Crippen MR) is 151 cm³/mol. The Hall–Kier alpha value is -2.16. The lowest BCUT2D eigenvalue weighted by molar-refractivity contribution is 0.0304. The molecule has 0 amide bonds. The van der Waals surface area contributed by atoms with Crippen LogP contribution in [0.4, 0.5) is 0 Å². The first-order valence-electron chi connectivity index (χ1n) is 14.9. The third-order valence-corrected chi connectivity index (χ3v) is 9.08. The fraction of sp³-hybridized carbons (Fsp3) is 0.636. The number of benzene rings is 1. The highest BCUT2D eigenvalue weighted by molar-refractivity contribution is 5.56. The fourth-order valence-corrected chi connectivity index (χ4v) is 6.53. The van der Waals surface area contributed by atoms with Crippen LogP contribution in [-0.4, -0.2) is 16.6 Å². The highest BCUT2D eigenvalue weighted by Gasteiger charge is 2.48. The number of ether oxygens (including phenoxy) is 1. The zero-order valence-electron chi connectivity index (χ0n) is 22.9. The van der Waals surface area contributed by atoms with E-state index in [0.717, 1.165) is 23.6 Å². The van der Waals surface area contributed by atoms with Crippen molar-refractivity contribution in [3.05, 3.63) is 54.4 Å². The van der Waals surface area contributed by atoms with E-state index in [2.05, 4.69) is 60.2 Å². The normalized spacial score (nSPS) is 23.4. The van der Waals surface area contributed by atoms with E-state index >= 15 is 0 Å². The van der Waals surface area contributed by atoms with Crippen LogP contribution in [0.15, 0.2) is 48.8 Å². The Bertz CT molecular complexity index is 907. The second-order valence-corrected chi connectivity index (χ2v) is 11.5. The van der Waals surface area contributed by atoms with Crippen LogP contribution in [0.25, 0.3) is 11.4 Å². The molecule has 2 bridgehead atoms. The van der Waals surface area contributed by atoms with Gasteiger partial charge in [0, 0.05) is 5.56 Å². The number of hydrogen-bond donors (Lipinski definition) is 0. The Balaban J connectivity index is 1.26. The van der Waals surface area contributed by atoms with Gasteiger partial charge in [0.25, 0.3) is 0 Å². The fourth-order valence-electron chi connectivity index (χ4n) is 6.53. The van der Waals surface area contributed by atoms with Crippen molar-refractivity contribution in [3.8, 4) is 17.1 Å². The lowest BCUT2D eigenvalue weighted by Gasteiger charge is -2.54. The average Bonchev–Trinajstić information content (AvgIpc) is 2.94. The predicted octanol–water partition coefficient (Wildman–Crippen LogP) is 9.61. The van der Waals surface area contributed by atoms with Gasteiger partial charge in [0.1, 0.15) is 6.61 Å². The number of hydrogen-bond acceptors (Lipinski definition) is 3. The molecule has 1 heterocycles. The number of aromatic nitrogens is 2. The topological polar surface area (TPSA) is 35.0 Å². The van der Waals surface area contributed by atoms with Gasteiger partial charge in [-0.15, -0.1) is 0 Å². The van der Waals surface area contributed by atoms with Gasteiger partial charge < -0.3 is 4.74 Å². The Morgan fingerprint density at radius 1 is 0.750 bits per heavy atom. The standard InChI is InChI=1S/C33H48N2O/c1-3-5-7-9-11-13-25-36-30-26-34-31(35-27-30)28-14-16-29(17-15-28)33-22-19-32(20-23-33,21-24-33)18-12-10-8-6-4-2/h11,13-17,26-27H,3-10,12,18-25H2,1-2H3/b13-11+. The minimum absolute atomic E-state index is 0.408. The Kier molecular flexibility index (Phi) is 10.0. The first-order chi connectivity index (χ1) is 17.7. The van der Waals surface area contributed by atoms with Gasteiger partial charge in [-0.2, -0.15) is 0 Å². The van der Waals surface area contributed by atoms with Crippen LogP contribution in [0.3, 0.4) is 0 Å². The van der Waals surface area contributed by atoms with Gasteiger partial charge in [-0.1, -0.05) is 95.2 Å². The van der Waals surface area contributed by atoms with E-state index in [1.54, 1.807) is 12.4 Å². The minimum atomic E-state index is 0.408. The molecule has 3 aliphatic carbocycles. The maximum absolute atomic E-state index is 5.77. The van der Waals surface area contributed by atoms with E-state index < -0.39 is 0 Å². The van der Waals surface area contributed by atoms with Crippen molar-refractivity contribution >= 4 is 0 Å². The van der Waals surface area contributed by atoms with E-state index in [-0.39, 0.29) is 0 Å². The number of nitrogens with zero attached hydrogens (tertiary/aromatic N) is 2. The Morgan fingerprint density at radius 2 is 1.39 bits per heavy atom. The Labute approximate surface area is 220 Å². The molecule has 3 fully saturated rings. The number of fused-ring (bicyclic) bond motifs is 3. The smallest absolute Gasteiger partial charge is 0.159 e. The van der Waals surface area contributed by atoms with Gasteiger partial charge in [0.2, 0.25) is 0 Å². The van der Waals surface area contributed by atoms with Crippen LogP contribution in [0.5, 0.6) is 5.75 Å². The molecule has 0 N–H and O–H groups in total. The molecule has 0 radical (unpaired) electrons. The van der Waals surface area contributed by atoms with Crippen molar-refractivity contribution in [2.24, 2.45) is 5.41 Å². The van der Waals surface area contributed by atoms with E-state index in [0.29, 0.717) is 17.4 Å². The maximum Gasteiger partial charge on any atom is 0.159 e. The zero-order valence-corrected chi connectivity index (χ0v) is 22.9. The van der Waals surface area contributed by atoms with Gasteiger partial charge in [0.05, 0.1) is 12.4 Å². The third-order valence-electron chi connectivity index (χ3n) is 9.08. The first-order valence-corrected chi connectivity index (χ1v) is 14.9. The summed E-state index contributed by atoms with van der Waals surface area (Å²) in [6.07, 6.45) is 29.8. The van der Waals surface area contributed by atoms with Gasteiger partial charge in [-0.05, 0) is 74.2 Å². The highest BCUT2D eigenvalue weighted by atomic mass is 16.5. The van der Waals surface area contributed by atoms with E-state index in [9.17, 15) is 0 Å². The van der Waals surface area contributed by atoms with Crippen molar-refractivity contribution in [2.45, 2.75) is 122 Å². The monoisotopic (exact) mass is 488 g/mol. The summed E-state index contributed by atoms with van der Waals surface area (Å²) in [4.78, 5) is 9.14. The summed E-state index contributed by atoms with van der Waals surface area (Å²) in [7, 11) is 0. The van der Waals surface area contributed by atoms with Gasteiger partial charge in [0.15, 0.2) is 11.6 Å². The quantitative estimate of drug-likeness (QED) is 0.185. The van der Waals surface area contributed by atoms with Crippen molar-refractivity contribution in [1.82, 2.24) is 9.97 Å². The molecule has 3 saturated carbocycles. The minimum Gasteiger partial charge on any atom is -0.486 e. The number of unbranched alkanes of at least 4 members (excludes halogenated alkanes) is 7. The van der Waals surface area contributed by atoms with Gasteiger partial charge in [-0.3, -0.25) is 0 Å². The van der Waals surface area contributed by atoms with Crippen molar-refractivity contribution in [1.29, 1.82) is 0 Å². The molecule has 3 aliphatic rings. The molecule has 36 heavy (non-hydrogen) atoms. The second-order valence-electron chi connectivity index (χ2n) is 11.5. The molecule has 1 aromatic carbocycles. The van der Waals surface area contributed by atoms with Crippen molar-refractivity contribution in [3.63, 3.8) is 0 Å². The molecule has 5 rings (SSSR count). The summed E-state index contributed by atoms with van der Waals surface area (Å²) in [6, 6.07) is 9.16. The molecule has 0 atom stereocenters. The van der Waals surface area contributed by atoms with Crippen LogP contribution < -0.4 is 4.74 Å². The average molecular weight is 489 g/mol. The Morgan fingerprint density at radius 3 is 2.06 bits per heavy atom. The SMILES string of the molecule is CCCCC/C=C/COc1cnc(-c2ccc(C34CCC(CCCCCCC)(CC3)CC4)cc2)nc1. The molecule has 3 nitrogen and oxygen atoms in total. The van der Waals surface area contributed by atoms with E-state index in [4.69, 9.17) is 4.74 Å². The molecular weight excluding hydrogens is 440 g/mol. The molecule has 1 aromatic heterocycles. The maximum atomic E-state index is 5.77. The van der Waals surface area contributed by atoms with Crippen LogP contribution in [0.2, 0.25) is 0 Å². The summed E-state index contributed by atoms with van der Waals surface area (Å²) in [5.41, 5.74) is 3.69. The van der Waals surface area contributed by atoms with E-state index in [1.807, 2.05) is 0 Å². The molecule has 0 spiro atoms. The summed E-state index contributed by atoms with van der Waals surface area (Å²) in [5.74, 6) is 1.50. The molecule has 0 unspecified atom stereocenters. The summed E-state index contributed by atoms with van der Waals surface area (Å²) in [6.45, 7) is 5.11. The van der Waals surface area contributed by atoms with Crippen LogP contribution in [0, 0.1) is 5.41 Å². The van der Waals surface area contributed by atoms with Gasteiger partial charge >= 0.3 is 0 Å². The van der Waals surface area contributed by atoms with Crippen molar-refractivity contribution < 1.29 is 4.74 Å². The lowest BCUT2D eigenvalue weighted by atomic mass is 9.51. The first kappa shape index (κ1) is 26.9.